The van der Waals surface area contributed by atoms with Crippen LogP contribution in [-0.2, 0) is 27.4 Å². The molecule has 11 heteroatoms. The summed E-state index contributed by atoms with van der Waals surface area (Å²) < 4.78 is 75.7. The van der Waals surface area contributed by atoms with Crippen LogP contribution in [0.5, 0.6) is 0 Å². The number of ether oxygens (including phenoxy) is 1. The van der Waals surface area contributed by atoms with Crippen LogP contribution in [0.1, 0.15) is 29.7 Å². The Kier molecular flexibility index (Phi) is 7.14. The molecule has 1 atom stereocenters. The van der Waals surface area contributed by atoms with Gasteiger partial charge in [-0.2, -0.15) is 17.5 Å². The molecule has 196 valence electrons. The van der Waals surface area contributed by atoms with Crippen LogP contribution in [0.15, 0.2) is 65.0 Å². The fraction of sp³-hybridized carbons (Fsp3) is 0.346. The average Bonchev–Trinajstić information content (AvgIpc) is 3.60. The van der Waals surface area contributed by atoms with E-state index in [1.807, 2.05) is 47.2 Å². The van der Waals surface area contributed by atoms with Gasteiger partial charge in [0.25, 0.3) is 0 Å². The van der Waals surface area contributed by atoms with E-state index in [0.717, 1.165) is 46.0 Å². The van der Waals surface area contributed by atoms with Gasteiger partial charge in [-0.3, -0.25) is 4.40 Å². The number of hydrogen-bond acceptors (Lipinski definition) is 5. The number of imidazole rings is 1. The lowest BCUT2D eigenvalue weighted by Crippen LogP contribution is -2.39. The zero-order valence-electron chi connectivity index (χ0n) is 20.1. The molecule has 2 aromatic carbocycles. The quantitative estimate of drug-likeness (QED) is 0.279. The molecule has 0 N–H and O–H groups in total. The summed E-state index contributed by atoms with van der Waals surface area (Å²) >= 11 is 1.46. The predicted octanol–water partition coefficient (Wildman–Crippen LogP) is 5.80. The number of aromatic nitrogens is 2. The van der Waals surface area contributed by atoms with Crippen molar-refractivity contribution in [1.29, 1.82) is 0 Å². The van der Waals surface area contributed by atoms with Crippen molar-refractivity contribution in [2.45, 2.75) is 43.4 Å². The molecular formula is C26H26F3N3O3S2. The molecule has 1 unspecified atom stereocenters. The first-order valence-electron chi connectivity index (χ1n) is 11.9. The smallest absolute Gasteiger partial charge is 0.377 e. The highest BCUT2D eigenvalue weighted by atomic mass is 32.2. The van der Waals surface area contributed by atoms with E-state index in [2.05, 4.69) is 0 Å². The summed E-state index contributed by atoms with van der Waals surface area (Å²) in [5, 5.41) is 1.93. The van der Waals surface area contributed by atoms with Gasteiger partial charge in [0, 0.05) is 49.0 Å². The van der Waals surface area contributed by atoms with Crippen LogP contribution in [-0.4, -0.2) is 47.9 Å². The minimum absolute atomic E-state index is 0.0877. The normalized spacial score (nSPS) is 16.7. The van der Waals surface area contributed by atoms with Gasteiger partial charge >= 0.3 is 6.18 Å². The Hall–Kier alpha value is -2.73. The van der Waals surface area contributed by atoms with Gasteiger partial charge in [0.1, 0.15) is 0 Å². The summed E-state index contributed by atoms with van der Waals surface area (Å²) in [4.78, 5) is 5.11. The SMILES string of the molecule is Cc1ccc(-c2cn3c(CCN(CC4CCCO4)S(=O)(=O)c4cccc(C(F)(F)F)c4)csc3n2)cc1. The maximum Gasteiger partial charge on any atom is 0.416 e. The lowest BCUT2D eigenvalue weighted by molar-refractivity contribution is -0.137. The van der Waals surface area contributed by atoms with Crippen molar-refractivity contribution in [3.05, 3.63) is 76.9 Å². The largest absolute Gasteiger partial charge is 0.416 e. The maximum atomic E-state index is 13.5. The summed E-state index contributed by atoms with van der Waals surface area (Å²) in [6.07, 6.45) is -1.09. The molecule has 3 heterocycles. The molecular weight excluding hydrogens is 523 g/mol. The average molecular weight is 550 g/mol. The molecule has 0 amide bonds. The predicted molar refractivity (Wildman–Crippen MR) is 136 cm³/mol. The molecule has 0 spiro atoms. The monoisotopic (exact) mass is 549 g/mol. The highest BCUT2D eigenvalue weighted by Crippen LogP contribution is 2.32. The molecule has 2 aromatic heterocycles. The highest BCUT2D eigenvalue weighted by Gasteiger charge is 2.34. The van der Waals surface area contributed by atoms with Crippen molar-refractivity contribution in [3.8, 4) is 11.3 Å². The molecule has 6 nitrogen and oxygen atoms in total. The number of rotatable bonds is 8. The van der Waals surface area contributed by atoms with Crippen molar-refractivity contribution >= 4 is 26.3 Å². The third-order valence-electron chi connectivity index (χ3n) is 6.48. The zero-order chi connectivity index (χ0) is 26.2. The molecule has 0 bridgehead atoms. The van der Waals surface area contributed by atoms with Gasteiger partial charge in [-0.1, -0.05) is 35.9 Å². The third-order valence-corrected chi connectivity index (χ3v) is 9.23. The highest BCUT2D eigenvalue weighted by molar-refractivity contribution is 7.89. The second-order valence-electron chi connectivity index (χ2n) is 9.15. The fourth-order valence-electron chi connectivity index (χ4n) is 4.42. The van der Waals surface area contributed by atoms with E-state index in [0.29, 0.717) is 25.5 Å². The van der Waals surface area contributed by atoms with Crippen LogP contribution in [0.2, 0.25) is 0 Å². The van der Waals surface area contributed by atoms with Gasteiger partial charge in [0.2, 0.25) is 10.0 Å². The molecule has 0 radical (unpaired) electrons. The van der Waals surface area contributed by atoms with Crippen molar-refractivity contribution in [3.63, 3.8) is 0 Å². The number of halogens is 3. The number of benzene rings is 2. The standard InChI is InChI=1S/C26H26F3N3O3S2/c1-18-7-9-19(10-8-18)24-16-32-21(17-36-25(32)30-24)11-12-31(15-22-5-3-13-35-22)37(33,34)23-6-2-4-20(14-23)26(27,28)29/h2,4,6-10,14,16-17,22H,3,5,11-13,15H2,1H3. The lowest BCUT2D eigenvalue weighted by atomic mass is 10.1. The number of aryl methyl sites for hydroxylation is 1. The first-order chi connectivity index (χ1) is 17.6. The Morgan fingerprint density at radius 3 is 2.68 bits per heavy atom. The molecule has 5 rings (SSSR count). The van der Waals surface area contributed by atoms with E-state index < -0.39 is 21.8 Å². The number of thiazole rings is 1. The first kappa shape index (κ1) is 25.9. The molecule has 0 saturated carbocycles. The van der Waals surface area contributed by atoms with Gasteiger partial charge in [0.05, 0.1) is 22.3 Å². The number of sulfonamides is 1. The molecule has 4 aromatic rings. The van der Waals surface area contributed by atoms with E-state index in [9.17, 15) is 21.6 Å². The molecule has 1 fully saturated rings. The number of nitrogens with zero attached hydrogens (tertiary/aromatic N) is 3. The summed E-state index contributed by atoms with van der Waals surface area (Å²) in [6, 6.07) is 12.0. The van der Waals surface area contributed by atoms with Gasteiger partial charge < -0.3 is 4.74 Å². The van der Waals surface area contributed by atoms with Gasteiger partial charge in [0.15, 0.2) is 4.96 Å². The topological polar surface area (TPSA) is 63.9 Å². The van der Waals surface area contributed by atoms with Crippen LogP contribution in [0.4, 0.5) is 13.2 Å². The Balaban J connectivity index is 1.41. The van der Waals surface area contributed by atoms with Gasteiger partial charge in [-0.25, -0.2) is 13.4 Å². The number of hydrogen-bond donors (Lipinski definition) is 0. The van der Waals surface area contributed by atoms with Crippen molar-refractivity contribution in [2.24, 2.45) is 0 Å². The van der Waals surface area contributed by atoms with E-state index in [1.54, 1.807) is 0 Å². The van der Waals surface area contributed by atoms with Crippen LogP contribution < -0.4 is 0 Å². The van der Waals surface area contributed by atoms with Crippen LogP contribution in [0.3, 0.4) is 0 Å². The summed E-state index contributed by atoms with van der Waals surface area (Å²) in [7, 11) is -4.19. The second kappa shape index (κ2) is 10.2. The van der Waals surface area contributed by atoms with Crippen molar-refractivity contribution in [2.75, 3.05) is 19.7 Å². The second-order valence-corrected chi connectivity index (χ2v) is 11.9. The number of alkyl halides is 3. The summed E-state index contributed by atoms with van der Waals surface area (Å²) in [6.45, 7) is 2.75. The fourth-order valence-corrected chi connectivity index (χ4v) is 6.84. The van der Waals surface area contributed by atoms with Crippen LogP contribution >= 0.6 is 11.3 Å². The molecule has 37 heavy (non-hydrogen) atoms. The molecule has 0 aliphatic carbocycles. The van der Waals surface area contributed by atoms with E-state index in [4.69, 9.17) is 9.72 Å². The first-order valence-corrected chi connectivity index (χ1v) is 14.2. The van der Waals surface area contributed by atoms with Crippen LogP contribution in [0, 0.1) is 6.92 Å². The maximum absolute atomic E-state index is 13.5. The minimum atomic E-state index is -4.64. The Morgan fingerprint density at radius 1 is 1.19 bits per heavy atom. The summed E-state index contributed by atoms with van der Waals surface area (Å²) in [5.74, 6) is 0. The van der Waals surface area contributed by atoms with Crippen LogP contribution in [0.25, 0.3) is 16.2 Å². The van der Waals surface area contributed by atoms with E-state index in [-0.39, 0.29) is 24.1 Å². The Labute approximate surface area is 217 Å². The van der Waals surface area contributed by atoms with Gasteiger partial charge in [-0.05, 0) is 38.0 Å². The molecule has 1 saturated heterocycles. The Morgan fingerprint density at radius 2 is 1.97 bits per heavy atom. The number of fused-ring (bicyclic) bond motifs is 1. The van der Waals surface area contributed by atoms with Gasteiger partial charge in [-0.15, -0.1) is 11.3 Å². The zero-order valence-corrected chi connectivity index (χ0v) is 21.7. The van der Waals surface area contributed by atoms with E-state index >= 15 is 0 Å². The lowest BCUT2D eigenvalue weighted by Gasteiger charge is -2.25. The Bertz CT molecular complexity index is 1490. The van der Waals surface area contributed by atoms with E-state index in [1.165, 1.54) is 21.7 Å². The molecule has 1 aliphatic heterocycles. The molecule has 1 aliphatic rings. The van der Waals surface area contributed by atoms with Crippen molar-refractivity contribution in [1.82, 2.24) is 13.7 Å². The van der Waals surface area contributed by atoms with Crippen molar-refractivity contribution < 1.29 is 26.3 Å². The summed E-state index contributed by atoms with van der Waals surface area (Å²) in [5.41, 5.74) is 2.84. The minimum Gasteiger partial charge on any atom is -0.377 e. The third kappa shape index (κ3) is 5.59.